The van der Waals surface area contributed by atoms with E-state index in [2.05, 4.69) is 5.32 Å². The Morgan fingerprint density at radius 2 is 1.79 bits per heavy atom. The second kappa shape index (κ2) is 11.8. The summed E-state index contributed by atoms with van der Waals surface area (Å²) in [6.07, 6.45) is 0. The third-order valence-electron chi connectivity index (χ3n) is 6.13. The van der Waals surface area contributed by atoms with E-state index in [1.165, 1.54) is 6.92 Å². The average molecular weight is 552 g/mol. The minimum absolute atomic E-state index is 0.108. The molecule has 0 radical (unpaired) electrons. The summed E-state index contributed by atoms with van der Waals surface area (Å²) in [7, 11) is 0. The molecule has 0 unspecified atom stereocenters. The van der Waals surface area contributed by atoms with Gasteiger partial charge in [0, 0.05) is 36.3 Å². The monoisotopic (exact) mass is 551 g/mol. The Hall–Kier alpha value is -4.08. The van der Waals surface area contributed by atoms with Crippen LogP contribution in [0.1, 0.15) is 47.1 Å². The Morgan fingerprint density at radius 3 is 2.54 bits per heavy atom. The van der Waals surface area contributed by atoms with Crippen LogP contribution >= 0.6 is 11.6 Å². The van der Waals surface area contributed by atoms with Gasteiger partial charge in [-0.3, -0.25) is 14.4 Å². The fourth-order valence-corrected chi connectivity index (χ4v) is 4.25. The van der Waals surface area contributed by atoms with E-state index in [1.807, 2.05) is 13.8 Å². The van der Waals surface area contributed by atoms with E-state index in [0.29, 0.717) is 46.4 Å². The summed E-state index contributed by atoms with van der Waals surface area (Å²) in [5, 5.41) is 3.25. The highest BCUT2D eigenvalue weighted by atomic mass is 35.5. The van der Waals surface area contributed by atoms with Gasteiger partial charge in [-0.25, -0.2) is 0 Å². The number of para-hydroxylation sites is 1. The molecule has 0 spiro atoms. The molecular formula is C29H30ClN3O6. The zero-order chi connectivity index (χ0) is 28.2. The van der Waals surface area contributed by atoms with Gasteiger partial charge in [-0.05, 0) is 66.1 Å². The summed E-state index contributed by atoms with van der Waals surface area (Å²) in [6.45, 7) is 6.22. The van der Waals surface area contributed by atoms with Crippen molar-refractivity contribution in [2.75, 3.05) is 25.2 Å². The van der Waals surface area contributed by atoms with Gasteiger partial charge in [0.1, 0.15) is 5.75 Å². The maximum absolute atomic E-state index is 13.7. The highest BCUT2D eigenvalue weighted by Crippen LogP contribution is 2.33. The molecule has 1 aliphatic rings. The lowest BCUT2D eigenvalue weighted by Gasteiger charge is -2.32. The van der Waals surface area contributed by atoms with Crippen molar-refractivity contribution in [2.45, 2.75) is 27.3 Å². The molecule has 0 saturated heterocycles. The van der Waals surface area contributed by atoms with E-state index in [9.17, 15) is 14.4 Å². The van der Waals surface area contributed by atoms with Gasteiger partial charge in [0.15, 0.2) is 11.5 Å². The molecule has 3 N–H and O–H groups in total. The van der Waals surface area contributed by atoms with Crippen molar-refractivity contribution in [2.24, 2.45) is 11.1 Å². The van der Waals surface area contributed by atoms with Gasteiger partial charge in [-0.1, -0.05) is 37.6 Å². The SMILES string of the molecule is CC(=O)Oc1ccccc1C(=O)Nc1ccc(Cl)c(CN(CC(C)(C)CN)C(=O)c2ccc3c(c2)OCO3)c1. The summed E-state index contributed by atoms with van der Waals surface area (Å²) in [5.74, 6) is 0.0315. The molecular weight excluding hydrogens is 522 g/mol. The second-order valence-electron chi connectivity index (χ2n) is 9.95. The number of nitrogens with zero attached hydrogens (tertiary/aromatic N) is 1. The molecule has 1 heterocycles. The summed E-state index contributed by atoms with van der Waals surface area (Å²) in [5.41, 5.74) is 7.35. The van der Waals surface area contributed by atoms with Gasteiger partial charge in [-0.15, -0.1) is 0 Å². The molecule has 0 aromatic heterocycles. The van der Waals surface area contributed by atoms with Crippen LogP contribution in [0.4, 0.5) is 5.69 Å². The molecule has 0 bridgehead atoms. The quantitative estimate of drug-likeness (QED) is 0.287. The minimum atomic E-state index is -0.531. The van der Waals surface area contributed by atoms with E-state index >= 15 is 0 Å². The van der Waals surface area contributed by atoms with Crippen molar-refractivity contribution < 1.29 is 28.6 Å². The molecule has 0 fully saturated rings. The average Bonchev–Trinajstić information content (AvgIpc) is 3.37. The number of amides is 2. The molecule has 39 heavy (non-hydrogen) atoms. The molecule has 204 valence electrons. The minimum Gasteiger partial charge on any atom is -0.454 e. The molecule has 4 rings (SSSR count). The van der Waals surface area contributed by atoms with Crippen LogP contribution in [-0.4, -0.2) is 42.6 Å². The fraction of sp³-hybridized carbons (Fsp3) is 0.276. The van der Waals surface area contributed by atoms with E-state index in [-0.39, 0.29) is 36.0 Å². The second-order valence-corrected chi connectivity index (χ2v) is 10.4. The highest BCUT2D eigenvalue weighted by Gasteiger charge is 2.27. The number of hydrogen-bond donors (Lipinski definition) is 2. The Kier molecular flexibility index (Phi) is 8.42. The number of anilines is 1. The lowest BCUT2D eigenvalue weighted by atomic mass is 9.92. The zero-order valence-electron chi connectivity index (χ0n) is 22.0. The van der Waals surface area contributed by atoms with Gasteiger partial charge in [-0.2, -0.15) is 0 Å². The fourth-order valence-electron chi connectivity index (χ4n) is 4.07. The van der Waals surface area contributed by atoms with Gasteiger partial charge in [0.05, 0.1) is 5.56 Å². The Bertz CT molecular complexity index is 1410. The number of carbonyl (C=O) groups excluding carboxylic acids is 3. The number of nitrogens with one attached hydrogen (secondary N) is 1. The molecule has 3 aromatic carbocycles. The van der Waals surface area contributed by atoms with Crippen molar-refractivity contribution in [3.63, 3.8) is 0 Å². The van der Waals surface area contributed by atoms with E-state index in [0.717, 1.165) is 0 Å². The van der Waals surface area contributed by atoms with Crippen LogP contribution in [0.5, 0.6) is 17.2 Å². The number of rotatable bonds is 9. The van der Waals surface area contributed by atoms with Crippen molar-refractivity contribution in [1.29, 1.82) is 0 Å². The van der Waals surface area contributed by atoms with Crippen LogP contribution < -0.4 is 25.3 Å². The number of esters is 1. The third-order valence-corrected chi connectivity index (χ3v) is 6.50. The molecule has 9 nitrogen and oxygen atoms in total. The largest absolute Gasteiger partial charge is 0.454 e. The van der Waals surface area contributed by atoms with Crippen molar-refractivity contribution in [3.05, 3.63) is 82.4 Å². The molecule has 0 aliphatic carbocycles. The number of hydrogen-bond acceptors (Lipinski definition) is 7. The standard InChI is InChI=1S/C29H30ClN3O6/c1-18(34)39-24-7-5-4-6-22(24)27(35)32-21-9-10-23(30)20(12-21)14-33(16-29(2,3)15-31)28(36)19-8-11-25-26(13-19)38-17-37-25/h4-13H,14-17,31H2,1-3H3,(H,32,35). The maximum Gasteiger partial charge on any atom is 0.308 e. The molecule has 0 saturated carbocycles. The predicted octanol–water partition coefficient (Wildman–Crippen LogP) is 4.87. The first kappa shape index (κ1) is 27.9. The Labute approximate surface area is 231 Å². The summed E-state index contributed by atoms with van der Waals surface area (Å²) in [6, 6.07) is 16.5. The van der Waals surface area contributed by atoms with E-state index in [1.54, 1.807) is 65.6 Å². The molecule has 10 heteroatoms. The normalized spacial score (nSPS) is 12.1. The molecule has 1 aliphatic heterocycles. The lowest BCUT2D eigenvalue weighted by molar-refractivity contribution is -0.131. The number of benzene rings is 3. The van der Waals surface area contributed by atoms with Gasteiger partial charge in [0.2, 0.25) is 6.79 Å². The van der Waals surface area contributed by atoms with Crippen LogP contribution in [0.2, 0.25) is 5.02 Å². The smallest absolute Gasteiger partial charge is 0.308 e. The van der Waals surface area contributed by atoms with Crippen molar-refractivity contribution >= 4 is 35.1 Å². The topological polar surface area (TPSA) is 120 Å². The van der Waals surface area contributed by atoms with Gasteiger partial charge < -0.3 is 30.2 Å². The Balaban J connectivity index is 1.59. The maximum atomic E-state index is 13.7. The lowest BCUT2D eigenvalue weighted by Crippen LogP contribution is -2.41. The zero-order valence-corrected chi connectivity index (χ0v) is 22.7. The predicted molar refractivity (Wildman–Crippen MR) is 147 cm³/mol. The summed E-state index contributed by atoms with van der Waals surface area (Å²) in [4.78, 5) is 39.8. The third kappa shape index (κ3) is 6.87. The number of carbonyl (C=O) groups is 3. The van der Waals surface area contributed by atoms with Gasteiger partial charge >= 0.3 is 5.97 Å². The molecule has 2 amide bonds. The summed E-state index contributed by atoms with van der Waals surface area (Å²) < 4.78 is 16.0. The number of halogens is 1. The number of ether oxygens (including phenoxy) is 3. The van der Waals surface area contributed by atoms with Crippen LogP contribution in [0, 0.1) is 5.41 Å². The molecule has 3 aromatic rings. The first-order chi connectivity index (χ1) is 18.6. The van der Waals surface area contributed by atoms with Gasteiger partial charge in [0.25, 0.3) is 11.8 Å². The van der Waals surface area contributed by atoms with E-state index in [4.69, 9.17) is 31.5 Å². The number of fused-ring (bicyclic) bond motifs is 1. The Morgan fingerprint density at radius 1 is 1.05 bits per heavy atom. The highest BCUT2D eigenvalue weighted by molar-refractivity contribution is 6.31. The first-order valence-corrected chi connectivity index (χ1v) is 12.7. The summed E-state index contributed by atoms with van der Waals surface area (Å²) >= 11 is 6.54. The first-order valence-electron chi connectivity index (χ1n) is 12.3. The number of nitrogens with two attached hydrogens (primary N) is 1. The van der Waals surface area contributed by atoms with Crippen molar-refractivity contribution in [1.82, 2.24) is 4.90 Å². The van der Waals surface area contributed by atoms with E-state index < -0.39 is 11.9 Å². The van der Waals surface area contributed by atoms with Crippen LogP contribution in [-0.2, 0) is 11.3 Å². The molecule has 0 atom stereocenters. The van der Waals surface area contributed by atoms with Crippen LogP contribution in [0.25, 0.3) is 0 Å². The van der Waals surface area contributed by atoms with Crippen LogP contribution in [0.3, 0.4) is 0 Å². The van der Waals surface area contributed by atoms with Crippen molar-refractivity contribution in [3.8, 4) is 17.2 Å². The van der Waals surface area contributed by atoms with Crippen LogP contribution in [0.15, 0.2) is 60.7 Å².